The van der Waals surface area contributed by atoms with Crippen molar-refractivity contribution in [1.82, 2.24) is 10.2 Å². The number of carbonyl (C=O) groups is 2. The van der Waals surface area contributed by atoms with Gasteiger partial charge in [0.25, 0.3) is 5.91 Å². The minimum Gasteiger partial charge on any atom is -0.344 e. The van der Waals surface area contributed by atoms with Crippen LogP contribution in [0.3, 0.4) is 0 Å². The van der Waals surface area contributed by atoms with Crippen molar-refractivity contribution < 1.29 is 44.3 Å². The molecule has 1 aliphatic carbocycles. The fraction of sp³-hybridized carbons (Fsp3) is 0.333. The smallest absolute Gasteiger partial charge is 0.344 e. The summed E-state index contributed by atoms with van der Waals surface area (Å²) in [6.07, 6.45) is -1.68. The molecule has 0 saturated carbocycles. The third-order valence-corrected chi connectivity index (χ3v) is 7.34. The average molecular weight is 546 g/mol. The fourth-order valence-electron chi connectivity index (χ4n) is 4.28. The van der Waals surface area contributed by atoms with Crippen molar-refractivity contribution in [2.45, 2.75) is 42.4 Å². The number of amides is 2. The van der Waals surface area contributed by atoms with E-state index < -0.39 is 73.4 Å². The summed E-state index contributed by atoms with van der Waals surface area (Å²) in [7, 11) is -4.13. The molecule has 2 aromatic carbocycles. The van der Waals surface area contributed by atoms with Gasteiger partial charge >= 0.3 is 6.18 Å². The second-order valence-electron chi connectivity index (χ2n) is 8.82. The molecule has 1 fully saturated rings. The van der Waals surface area contributed by atoms with Gasteiger partial charge in [0.1, 0.15) is 28.1 Å². The number of carbonyl (C=O) groups excluding carboxylic acids is 2. The third kappa shape index (κ3) is 5.36. The van der Waals surface area contributed by atoms with Gasteiger partial charge in [0.2, 0.25) is 5.91 Å². The van der Waals surface area contributed by atoms with Gasteiger partial charge in [-0.3, -0.25) is 9.59 Å². The summed E-state index contributed by atoms with van der Waals surface area (Å²) in [5.74, 6) is -6.11. The largest absolute Gasteiger partial charge is 0.416 e. The van der Waals surface area contributed by atoms with E-state index in [4.69, 9.17) is 0 Å². The molecule has 1 heterocycles. The minimum absolute atomic E-state index is 0.0685. The monoisotopic (exact) mass is 546 g/mol. The maximum Gasteiger partial charge on any atom is 0.416 e. The fourth-order valence-corrected chi connectivity index (χ4v) is 5.03. The van der Waals surface area contributed by atoms with Crippen molar-refractivity contribution in [2.24, 2.45) is 0 Å². The van der Waals surface area contributed by atoms with Crippen molar-refractivity contribution in [3.05, 3.63) is 76.1 Å². The Morgan fingerprint density at radius 2 is 1.76 bits per heavy atom. The van der Waals surface area contributed by atoms with Crippen LogP contribution in [0, 0.1) is 17.5 Å². The number of rotatable bonds is 6. The van der Waals surface area contributed by atoms with Gasteiger partial charge in [-0.15, -0.1) is 0 Å². The van der Waals surface area contributed by atoms with Crippen LogP contribution in [0.5, 0.6) is 0 Å². The average Bonchev–Trinajstić information content (AvgIpc) is 3.51. The number of benzene rings is 2. The number of alkyl halides is 3. The van der Waals surface area contributed by atoms with E-state index in [2.05, 4.69) is 5.32 Å². The lowest BCUT2D eigenvalue weighted by atomic mass is 10.0. The van der Waals surface area contributed by atoms with Crippen molar-refractivity contribution in [2.75, 3.05) is 12.8 Å². The second kappa shape index (κ2) is 9.51. The molecule has 0 unspecified atom stereocenters. The van der Waals surface area contributed by atoms with Gasteiger partial charge < -0.3 is 10.2 Å². The lowest BCUT2D eigenvalue weighted by Crippen LogP contribution is -2.47. The van der Waals surface area contributed by atoms with Crippen LogP contribution in [0.4, 0.5) is 26.3 Å². The quantitative estimate of drug-likeness (QED) is 0.333. The number of nitrogens with zero attached hydrogens (tertiary/aromatic N) is 1. The zero-order valence-corrected chi connectivity index (χ0v) is 20.0. The van der Waals surface area contributed by atoms with Crippen LogP contribution >= 0.6 is 0 Å². The second-order valence-corrected chi connectivity index (χ2v) is 10.8. The van der Waals surface area contributed by atoms with Crippen LogP contribution in [0.1, 0.15) is 46.8 Å². The van der Waals surface area contributed by atoms with Gasteiger partial charge in [0, 0.05) is 18.4 Å². The molecular formula is C24H20F6N2O4S. The van der Waals surface area contributed by atoms with Crippen LogP contribution in [0.15, 0.2) is 46.9 Å². The third-order valence-electron chi connectivity index (χ3n) is 6.22. The number of nitrogens with one attached hydrogen (secondary N) is 1. The van der Waals surface area contributed by atoms with E-state index in [1.54, 1.807) is 6.08 Å². The molecule has 0 bridgehead atoms. The highest BCUT2D eigenvalue weighted by Crippen LogP contribution is 2.38. The van der Waals surface area contributed by atoms with Gasteiger partial charge in [-0.2, -0.15) is 13.2 Å². The van der Waals surface area contributed by atoms with E-state index in [0.717, 1.165) is 11.0 Å². The lowest BCUT2D eigenvalue weighted by molar-refractivity contribution is -0.137. The molecule has 2 aromatic rings. The Balaban J connectivity index is 1.60. The number of sulfone groups is 1. The standard InChI is InChI=1S/C24H20F6N2O4S/c1-37(35,36)18-9-8-15(25)19(20(18)27)23(34)32-10-2-3-17(32)22(33)31-21(12-4-5-12)14-7-6-13(11-16(14)26)24(28,29)30/h4,6-9,11,17,21H,2-3,5,10H2,1H3,(H,31,33)/t17-,21-/m1/s1. The molecule has 0 spiro atoms. The molecule has 2 aliphatic rings. The highest BCUT2D eigenvalue weighted by atomic mass is 32.2. The van der Waals surface area contributed by atoms with Crippen molar-refractivity contribution >= 4 is 21.7 Å². The molecule has 1 N–H and O–H groups in total. The number of halogens is 6. The Bertz CT molecular complexity index is 1420. The highest BCUT2D eigenvalue weighted by Gasteiger charge is 2.40. The Labute approximate surface area is 207 Å². The first kappa shape index (κ1) is 26.7. The predicted molar refractivity (Wildman–Crippen MR) is 119 cm³/mol. The van der Waals surface area contributed by atoms with E-state index in [-0.39, 0.29) is 24.9 Å². The van der Waals surface area contributed by atoms with Crippen LogP contribution < -0.4 is 5.32 Å². The molecule has 1 saturated heterocycles. The maximum absolute atomic E-state index is 14.9. The summed E-state index contributed by atoms with van der Waals surface area (Å²) < 4.78 is 106. The van der Waals surface area contributed by atoms with Crippen LogP contribution in [-0.4, -0.2) is 44.0 Å². The summed E-state index contributed by atoms with van der Waals surface area (Å²) in [5, 5.41) is 2.53. The van der Waals surface area contributed by atoms with Crippen LogP contribution in [-0.2, 0) is 20.8 Å². The number of hydrogen-bond acceptors (Lipinski definition) is 4. The zero-order valence-electron chi connectivity index (χ0n) is 19.2. The van der Waals surface area contributed by atoms with Gasteiger partial charge in [0.05, 0.1) is 11.6 Å². The number of hydrogen-bond donors (Lipinski definition) is 1. The first-order valence-electron chi connectivity index (χ1n) is 11.0. The lowest BCUT2D eigenvalue weighted by Gasteiger charge is -2.27. The van der Waals surface area contributed by atoms with E-state index in [1.807, 2.05) is 0 Å². The SMILES string of the molecule is CS(=O)(=O)c1ccc(F)c(C(=O)N2CCC[C@@H]2C(=O)N[C@H](C2=CC2)c2ccc(C(F)(F)F)cc2F)c1F. The molecule has 2 amide bonds. The molecule has 13 heteroatoms. The van der Waals surface area contributed by atoms with Crippen LogP contribution in [0.2, 0.25) is 0 Å². The predicted octanol–water partition coefficient (Wildman–Crippen LogP) is 4.32. The number of allylic oxidation sites excluding steroid dienone is 1. The summed E-state index contributed by atoms with van der Waals surface area (Å²) in [6, 6.07) is 0.927. The van der Waals surface area contributed by atoms with Gasteiger partial charge in [0.15, 0.2) is 15.7 Å². The molecule has 2 atom stereocenters. The van der Waals surface area contributed by atoms with Gasteiger partial charge in [-0.25, -0.2) is 21.6 Å². The Morgan fingerprint density at radius 3 is 2.32 bits per heavy atom. The first-order valence-corrected chi connectivity index (χ1v) is 12.9. The van der Waals surface area contributed by atoms with Crippen molar-refractivity contribution in [3.63, 3.8) is 0 Å². The van der Waals surface area contributed by atoms with Crippen molar-refractivity contribution in [3.8, 4) is 0 Å². The van der Waals surface area contributed by atoms with E-state index in [9.17, 15) is 44.3 Å². The zero-order chi connectivity index (χ0) is 27.3. The number of likely N-dealkylation sites (tertiary alicyclic amines) is 1. The normalized spacial score (nSPS) is 18.4. The minimum atomic E-state index is -4.76. The molecule has 4 rings (SSSR count). The van der Waals surface area contributed by atoms with E-state index >= 15 is 0 Å². The van der Waals surface area contributed by atoms with Crippen molar-refractivity contribution in [1.29, 1.82) is 0 Å². The topological polar surface area (TPSA) is 83.6 Å². The molecule has 6 nitrogen and oxygen atoms in total. The molecule has 1 aliphatic heterocycles. The molecule has 0 radical (unpaired) electrons. The maximum atomic E-state index is 14.9. The van der Waals surface area contributed by atoms with Gasteiger partial charge in [-0.1, -0.05) is 12.1 Å². The first-order chi connectivity index (χ1) is 17.2. The van der Waals surface area contributed by atoms with Crippen LogP contribution in [0.25, 0.3) is 0 Å². The highest BCUT2D eigenvalue weighted by molar-refractivity contribution is 7.90. The molecular weight excluding hydrogens is 526 g/mol. The summed E-state index contributed by atoms with van der Waals surface area (Å²) in [6.45, 7) is -0.0685. The molecule has 198 valence electrons. The Morgan fingerprint density at radius 1 is 1.08 bits per heavy atom. The van der Waals surface area contributed by atoms with E-state index in [0.29, 0.717) is 42.5 Å². The molecule has 0 aromatic heterocycles. The summed E-state index contributed by atoms with van der Waals surface area (Å²) >= 11 is 0. The summed E-state index contributed by atoms with van der Waals surface area (Å²) in [4.78, 5) is 26.2. The molecule has 37 heavy (non-hydrogen) atoms. The Hall–Kier alpha value is -3.35. The Kier molecular flexibility index (Phi) is 6.86. The van der Waals surface area contributed by atoms with Gasteiger partial charge in [-0.05, 0) is 49.1 Å². The van der Waals surface area contributed by atoms with E-state index in [1.165, 1.54) is 0 Å². The summed E-state index contributed by atoms with van der Waals surface area (Å²) in [5.41, 5.74) is -1.99.